The van der Waals surface area contributed by atoms with Crippen molar-refractivity contribution in [1.82, 2.24) is 9.97 Å². The van der Waals surface area contributed by atoms with Crippen LogP contribution >= 0.6 is 0 Å². The van der Waals surface area contributed by atoms with E-state index >= 15 is 0 Å². The smallest absolute Gasteiger partial charge is 0.0975 e. The molecule has 3 heteroatoms. The molecular weight excluding hydrogens is 140 g/mol. The standard InChI is InChI=1S/C8H12N2O/c1-3-7(11)8-6(2)9-4-5-10-8/h4-5,7,11H,3H2,1-2H3. The van der Waals surface area contributed by atoms with Crippen LogP contribution in [0.2, 0.25) is 0 Å². The van der Waals surface area contributed by atoms with Gasteiger partial charge in [0.2, 0.25) is 0 Å². The summed E-state index contributed by atoms with van der Waals surface area (Å²) in [5.74, 6) is 0. The molecule has 1 aromatic heterocycles. The van der Waals surface area contributed by atoms with Crippen LogP contribution in [0.15, 0.2) is 12.4 Å². The topological polar surface area (TPSA) is 46.0 Å². The maximum atomic E-state index is 9.41. The van der Waals surface area contributed by atoms with Crippen molar-refractivity contribution in [3.05, 3.63) is 23.8 Å². The molecule has 1 rings (SSSR count). The van der Waals surface area contributed by atoms with Gasteiger partial charge < -0.3 is 5.11 Å². The number of nitrogens with zero attached hydrogens (tertiary/aromatic N) is 2. The quantitative estimate of drug-likeness (QED) is 0.693. The first-order valence-electron chi connectivity index (χ1n) is 3.71. The van der Waals surface area contributed by atoms with E-state index in [0.29, 0.717) is 12.1 Å². The molecular formula is C8H12N2O. The molecule has 11 heavy (non-hydrogen) atoms. The lowest BCUT2D eigenvalue weighted by atomic mass is 10.1. The van der Waals surface area contributed by atoms with Crippen molar-refractivity contribution in [2.75, 3.05) is 0 Å². The summed E-state index contributed by atoms with van der Waals surface area (Å²) in [6, 6.07) is 0. The Hall–Kier alpha value is -0.960. The predicted molar refractivity (Wildman–Crippen MR) is 42.0 cm³/mol. The lowest BCUT2D eigenvalue weighted by molar-refractivity contribution is 0.167. The van der Waals surface area contributed by atoms with E-state index in [-0.39, 0.29) is 0 Å². The first-order valence-corrected chi connectivity index (χ1v) is 3.71. The Morgan fingerprint density at radius 3 is 2.64 bits per heavy atom. The molecule has 0 spiro atoms. The zero-order chi connectivity index (χ0) is 8.27. The third-order valence-electron chi connectivity index (χ3n) is 1.62. The summed E-state index contributed by atoms with van der Waals surface area (Å²) < 4.78 is 0. The predicted octanol–water partition coefficient (Wildman–Crippen LogP) is 1.23. The van der Waals surface area contributed by atoms with E-state index in [9.17, 15) is 5.11 Å². The monoisotopic (exact) mass is 152 g/mol. The van der Waals surface area contributed by atoms with Crippen molar-refractivity contribution >= 4 is 0 Å². The van der Waals surface area contributed by atoms with Gasteiger partial charge in [0.05, 0.1) is 17.5 Å². The van der Waals surface area contributed by atoms with Crippen LogP contribution in [0, 0.1) is 6.92 Å². The van der Waals surface area contributed by atoms with Crippen LogP contribution < -0.4 is 0 Å². The van der Waals surface area contributed by atoms with E-state index < -0.39 is 6.10 Å². The molecule has 1 unspecified atom stereocenters. The summed E-state index contributed by atoms with van der Waals surface area (Å²) in [5.41, 5.74) is 1.50. The van der Waals surface area contributed by atoms with Crippen molar-refractivity contribution in [2.45, 2.75) is 26.4 Å². The second kappa shape index (κ2) is 3.44. The van der Waals surface area contributed by atoms with Crippen LogP contribution in [0.3, 0.4) is 0 Å². The van der Waals surface area contributed by atoms with Crippen LogP contribution in [0.4, 0.5) is 0 Å². The van der Waals surface area contributed by atoms with Crippen molar-refractivity contribution in [1.29, 1.82) is 0 Å². The third-order valence-corrected chi connectivity index (χ3v) is 1.62. The Morgan fingerprint density at radius 2 is 2.09 bits per heavy atom. The summed E-state index contributed by atoms with van der Waals surface area (Å²) in [7, 11) is 0. The van der Waals surface area contributed by atoms with Gasteiger partial charge in [-0.1, -0.05) is 6.92 Å². The summed E-state index contributed by atoms with van der Waals surface area (Å²) >= 11 is 0. The summed E-state index contributed by atoms with van der Waals surface area (Å²) in [6.45, 7) is 3.76. The first kappa shape index (κ1) is 8.14. The highest BCUT2D eigenvalue weighted by molar-refractivity contribution is 5.10. The van der Waals surface area contributed by atoms with Gasteiger partial charge in [0.15, 0.2) is 0 Å². The minimum Gasteiger partial charge on any atom is -0.387 e. The van der Waals surface area contributed by atoms with E-state index in [4.69, 9.17) is 0 Å². The van der Waals surface area contributed by atoms with E-state index in [2.05, 4.69) is 9.97 Å². The van der Waals surface area contributed by atoms with E-state index in [0.717, 1.165) is 5.69 Å². The third kappa shape index (κ3) is 1.74. The lowest BCUT2D eigenvalue weighted by Gasteiger charge is -2.07. The van der Waals surface area contributed by atoms with Gasteiger partial charge in [0, 0.05) is 12.4 Å². The molecule has 1 N–H and O–H groups in total. The fourth-order valence-corrected chi connectivity index (χ4v) is 0.939. The molecule has 0 saturated carbocycles. The van der Waals surface area contributed by atoms with E-state index in [1.807, 2.05) is 13.8 Å². The van der Waals surface area contributed by atoms with Crippen molar-refractivity contribution in [2.24, 2.45) is 0 Å². The molecule has 1 aromatic rings. The maximum absolute atomic E-state index is 9.41. The summed E-state index contributed by atoms with van der Waals surface area (Å²) in [5, 5.41) is 9.41. The number of aromatic nitrogens is 2. The summed E-state index contributed by atoms with van der Waals surface area (Å²) in [6.07, 6.45) is 3.44. The molecule has 0 saturated heterocycles. The van der Waals surface area contributed by atoms with Crippen LogP contribution in [0.5, 0.6) is 0 Å². The molecule has 0 aliphatic carbocycles. The Morgan fingerprint density at radius 1 is 1.45 bits per heavy atom. The number of hydrogen-bond donors (Lipinski definition) is 1. The minimum atomic E-state index is -0.469. The largest absolute Gasteiger partial charge is 0.387 e. The van der Waals surface area contributed by atoms with E-state index in [1.165, 1.54) is 0 Å². The van der Waals surface area contributed by atoms with Crippen LogP contribution in [-0.4, -0.2) is 15.1 Å². The second-order valence-electron chi connectivity index (χ2n) is 2.45. The Bertz CT molecular complexity index is 237. The molecule has 60 valence electrons. The molecule has 1 atom stereocenters. The van der Waals surface area contributed by atoms with Gasteiger partial charge in [-0.05, 0) is 13.3 Å². The average molecular weight is 152 g/mol. The van der Waals surface area contributed by atoms with Gasteiger partial charge in [0.1, 0.15) is 0 Å². The number of aliphatic hydroxyl groups is 1. The average Bonchev–Trinajstić information content (AvgIpc) is 2.04. The van der Waals surface area contributed by atoms with Gasteiger partial charge in [-0.25, -0.2) is 0 Å². The first-order chi connectivity index (χ1) is 5.25. The zero-order valence-electron chi connectivity index (χ0n) is 6.78. The highest BCUT2D eigenvalue weighted by Gasteiger charge is 2.08. The molecule has 0 aromatic carbocycles. The van der Waals surface area contributed by atoms with Crippen molar-refractivity contribution < 1.29 is 5.11 Å². The van der Waals surface area contributed by atoms with Crippen molar-refractivity contribution in [3.8, 4) is 0 Å². The zero-order valence-corrected chi connectivity index (χ0v) is 6.78. The molecule has 0 radical (unpaired) electrons. The molecule has 1 heterocycles. The van der Waals surface area contributed by atoms with Gasteiger partial charge in [-0.3, -0.25) is 9.97 Å². The number of aryl methyl sites for hydroxylation is 1. The van der Waals surface area contributed by atoms with Crippen LogP contribution in [-0.2, 0) is 0 Å². The lowest BCUT2D eigenvalue weighted by Crippen LogP contribution is -2.02. The highest BCUT2D eigenvalue weighted by atomic mass is 16.3. The van der Waals surface area contributed by atoms with Crippen molar-refractivity contribution in [3.63, 3.8) is 0 Å². The Balaban J connectivity index is 2.93. The highest BCUT2D eigenvalue weighted by Crippen LogP contribution is 2.14. The van der Waals surface area contributed by atoms with Gasteiger partial charge in [-0.15, -0.1) is 0 Å². The normalized spacial score (nSPS) is 13.0. The molecule has 3 nitrogen and oxygen atoms in total. The molecule has 0 aliphatic rings. The van der Waals surface area contributed by atoms with E-state index in [1.54, 1.807) is 12.4 Å². The number of rotatable bonds is 2. The maximum Gasteiger partial charge on any atom is 0.0975 e. The Labute approximate surface area is 66.1 Å². The number of hydrogen-bond acceptors (Lipinski definition) is 3. The van der Waals surface area contributed by atoms with Gasteiger partial charge in [0.25, 0.3) is 0 Å². The van der Waals surface area contributed by atoms with Gasteiger partial charge in [-0.2, -0.15) is 0 Å². The SMILES string of the molecule is CCC(O)c1nccnc1C. The number of aliphatic hydroxyl groups excluding tert-OH is 1. The molecule has 0 fully saturated rings. The molecule has 0 aliphatic heterocycles. The fraction of sp³-hybridized carbons (Fsp3) is 0.500. The summed E-state index contributed by atoms with van der Waals surface area (Å²) in [4.78, 5) is 8.06. The van der Waals surface area contributed by atoms with Gasteiger partial charge >= 0.3 is 0 Å². The molecule has 0 bridgehead atoms. The molecule has 0 amide bonds. The van der Waals surface area contributed by atoms with Crippen LogP contribution in [0.25, 0.3) is 0 Å². The Kier molecular flexibility index (Phi) is 2.54. The minimum absolute atomic E-state index is 0.469. The fourth-order valence-electron chi connectivity index (χ4n) is 0.939. The van der Waals surface area contributed by atoms with Crippen LogP contribution in [0.1, 0.15) is 30.8 Å². The second-order valence-corrected chi connectivity index (χ2v) is 2.45.